The molecule has 0 aromatic carbocycles. The SMILES string of the molecule is C=C/C=C/C1(C)C=CC=CC1N.C=CC.CC. The highest BCUT2D eigenvalue weighted by molar-refractivity contribution is 5.27. The first-order valence-electron chi connectivity index (χ1n) is 6.09. The van der Waals surface area contributed by atoms with E-state index in [2.05, 4.69) is 32.2 Å². The molecule has 2 unspecified atom stereocenters. The third-order valence-corrected chi connectivity index (χ3v) is 2.19. The number of hydrogen-bond acceptors (Lipinski definition) is 1. The van der Waals surface area contributed by atoms with Gasteiger partial charge in [0.25, 0.3) is 0 Å². The summed E-state index contributed by atoms with van der Waals surface area (Å²) in [6.07, 6.45) is 15.6. The van der Waals surface area contributed by atoms with Crippen molar-refractivity contribution in [3.05, 3.63) is 61.8 Å². The van der Waals surface area contributed by atoms with Crippen LogP contribution in [0.1, 0.15) is 27.7 Å². The van der Waals surface area contributed by atoms with Crippen molar-refractivity contribution in [1.82, 2.24) is 0 Å². The maximum absolute atomic E-state index is 5.93. The van der Waals surface area contributed by atoms with Gasteiger partial charge in [0.2, 0.25) is 0 Å². The Kier molecular flexibility index (Phi) is 11.8. The van der Waals surface area contributed by atoms with Gasteiger partial charge in [-0.15, -0.1) is 6.58 Å². The van der Waals surface area contributed by atoms with Crippen molar-refractivity contribution >= 4 is 0 Å². The van der Waals surface area contributed by atoms with E-state index in [0.717, 1.165) is 0 Å². The summed E-state index contributed by atoms with van der Waals surface area (Å²) >= 11 is 0. The Hall–Kier alpha value is -1.34. The maximum Gasteiger partial charge on any atom is 0.0352 e. The van der Waals surface area contributed by atoms with Gasteiger partial charge < -0.3 is 5.73 Å². The van der Waals surface area contributed by atoms with Gasteiger partial charge in [0.05, 0.1) is 0 Å². The van der Waals surface area contributed by atoms with E-state index in [-0.39, 0.29) is 11.5 Å². The van der Waals surface area contributed by atoms with Crippen LogP contribution in [0.25, 0.3) is 0 Å². The zero-order chi connectivity index (χ0) is 13.7. The van der Waals surface area contributed by atoms with Crippen molar-refractivity contribution in [1.29, 1.82) is 0 Å². The molecule has 1 aliphatic rings. The summed E-state index contributed by atoms with van der Waals surface area (Å²) < 4.78 is 0. The minimum atomic E-state index is -0.0526. The fourth-order valence-electron chi connectivity index (χ4n) is 1.21. The van der Waals surface area contributed by atoms with Crippen molar-refractivity contribution in [3.8, 4) is 0 Å². The summed E-state index contributed by atoms with van der Waals surface area (Å²) in [5.41, 5.74) is 5.88. The van der Waals surface area contributed by atoms with Gasteiger partial charge in [-0.25, -0.2) is 0 Å². The van der Waals surface area contributed by atoms with Gasteiger partial charge >= 0.3 is 0 Å². The molecule has 0 saturated heterocycles. The van der Waals surface area contributed by atoms with E-state index in [4.69, 9.17) is 5.73 Å². The first-order valence-corrected chi connectivity index (χ1v) is 6.09. The molecule has 2 atom stereocenters. The summed E-state index contributed by atoms with van der Waals surface area (Å²) in [7, 11) is 0. The summed E-state index contributed by atoms with van der Waals surface area (Å²) in [4.78, 5) is 0. The van der Waals surface area contributed by atoms with E-state index in [0.29, 0.717) is 0 Å². The van der Waals surface area contributed by atoms with E-state index in [1.54, 1.807) is 12.2 Å². The largest absolute Gasteiger partial charge is 0.323 e. The van der Waals surface area contributed by atoms with Crippen LogP contribution >= 0.6 is 0 Å². The van der Waals surface area contributed by atoms with E-state index in [1.807, 2.05) is 45.1 Å². The molecule has 0 spiro atoms. The van der Waals surface area contributed by atoms with Crippen LogP contribution in [0.5, 0.6) is 0 Å². The predicted octanol–water partition coefficient (Wildman–Crippen LogP) is 4.41. The molecular formula is C16H27N. The molecule has 2 N–H and O–H groups in total. The predicted molar refractivity (Wildman–Crippen MR) is 80.9 cm³/mol. The van der Waals surface area contributed by atoms with Crippen molar-refractivity contribution in [2.45, 2.75) is 33.7 Å². The van der Waals surface area contributed by atoms with Crippen LogP contribution in [-0.2, 0) is 0 Å². The minimum Gasteiger partial charge on any atom is -0.323 e. The Morgan fingerprint density at radius 2 is 1.76 bits per heavy atom. The molecule has 1 aliphatic carbocycles. The molecular weight excluding hydrogens is 206 g/mol. The fraction of sp³-hybridized carbons (Fsp3) is 0.375. The van der Waals surface area contributed by atoms with E-state index < -0.39 is 0 Å². The molecule has 0 radical (unpaired) electrons. The Morgan fingerprint density at radius 1 is 1.24 bits per heavy atom. The number of nitrogens with two attached hydrogens (primary N) is 1. The average Bonchev–Trinajstić information content (AvgIpc) is 2.34. The van der Waals surface area contributed by atoms with Crippen LogP contribution in [0.15, 0.2) is 61.8 Å². The monoisotopic (exact) mass is 233 g/mol. The molecule has 96 valence electrons. The van der Waals surface area contributed by atoms with Gasteiger partial charge in [-0.3, -0.25) is 0 Å². The molecule has 1 heteroatoms. The van der Waals surface area contributed by atoms with Crippen LogP contribution in [0, 0.1) is 5.41 Å². The lowest BCUT2D eigenvalue weighted by Crippen LogP contribution is -2.36. The third kappa shape index (κ3) is 7.53. The molecule has 0 aliphatic heterocycles. The molecule has 0 fully saturated rings. The fourth-order valence-corrected chi connectivity index (χ4v) is 1.21. The zero-order valence-electron chi connectivity index (χ0n) is 11.7. The second-order valence-corrected chi connectivity index (χ2v) is 3.64. The topological polar surface area (TPSA) is 26.0 Å². The summed E-state index contributed by atoms with van der Waals surface area (Å²) in [6.45, 7) is 15.0. The van der Waals surface area contributed by atoms with Crippen LogP contribution in [0.4, 0.5) is 0 Å². The lowest BCUT2D eigenvalue weighted by Gasteiger charge is -2.29. The van der Waals surface area contributed by atoms with Crippen LogP contribution in [0.2, 0.25) is 0 Å². The maximum atomic E-state index is 5.93. The molecule has 0 aromatic heterocycles. The van der Waals surface area contributed by atoms with Gasteiger partial charge in [0.1, 0.15) is 0 Å². The van der Waals surface area contributed by atoms with Crippen LogP contribution in [0.3, 0.4) is 0 Å². The van der Waals surface area contributed by atoms with Gasteiger partial charge in [-0.1, -0.05) is 76.0 Å². The summed E-state index contributed by atoms with van der Waals surface area (Å²) in [5, 5.41) is 0. The molecule has 0 heterocycles. The molecule has 17 heavy (non-hydrogen) atoms. The Labute approximate surface area is 107 Å². The zero-order valence-corrected chi connectivity index (χ0v) is 11.7. The van der Waals surface area contributed by atoms with Gasteiger partial charge in [0, 0.05) is 11.5 Å². The van der Waals surface area contributed by atoms with Crippen molar-refractivity contribution in [2.75, 3.05) is 0 Å². The molecule has 1 rings (SSSR count). The highest BCUT2D eigenvalue weighted by Gasteiger charge is 2.24. The highest BCUT2D eigenvalue weighted by Crippen LogP contribution is 2.27. The molecule has 0 aromatic rings. The minimum absolute atomic E-state index is 0.0526. The van der Waals surface area contributed by atoms with Crippen molar-refractivity contribution < 1.29 is 0 Å². The van der Waals surface area contributed by atoms with E-state index in [9.17, 15) is 0 Å². The van der Waals surface area contributed by atoms with E-state index in [1.165, 1.54) is 0 Å². The van der Waals surface area contributed by atoms with Crippen LogP contribution in [-0.4, -0.2) is 6.04 Å². The molecule has 0 bridgehead atoms. The highest BCUT2D eigenvalue weighted by atomic mass is 14.7. The molecule has 0 saturated carbocycles. The first-order chi connectivity index (χ1) is 8.10. The third-order valence-electron chi connectivity index (χ3n) is 2.19. The Bertz CT molecular complexity index is 284. The smallest absolute Gasteiger partial charge is 0.0352 e. The number of hydrogen-bond donors (Lipinski definition) is 1. The lowest BCUT2D eigenvalue weighted by atomic mass is 9.79. The average molecular weight is 233 g/mol. The standard InChI is InChI=1S/C11H15N.C3H6.C2H6/c1-3-4-8-11(2)9-6-5-7-10(11)12;1-3-2;1-2/h3-10H,1,12H2,2H3;3H,1H2,2H3;1-2H3/b8-4+;;. The summed E-state index contributed by atoms with van der Waals surface area (Å²) in [6, 6.07) is 0.0682. The second-order valence-electron chi connectivity index (χ2n) is 3.64. The Morgan fingerprint density at radius 3 is 2.18 bits per heavy atom. The molecule has 1 nitrogen and oxygen atoms in total. The Balaban J connectivity index is 0. The van der Waals surface area contributed by atoms with Crippen LogP contribution < -0.4 is 5.73 Å². The number of rotatable bonds is 2. The van der Waals surface area contributed by atoms with Crippen molar-refractivity contribution in [3.63, 3.8) is 0 Å². The first kappa shape index (κ1) is 18.0. The molecule has 0 amide bonds. The quantitative estimate of drug-likeness (QED) is 0.555. The lowest BCUT2D eigenvalue weighted by molar-refractivity contribution is 0.480. The van der Waals surface area contributed by atoms with Gasteiger partial charge in [-0.2, -0.15) is 0 Å². The second kappa shape index (κ2) is 11.2. The normalized spacial score (nSPS) is 25.4. The van der Waals surface area contributed by atoms with Crippen molar-refractivity contribution in [2.24, 2.45) is 11.1 Å². The van der Waals surface area contributed by atoms with Gasteiger partial charge in [-0.05, 0) is 6.92 Å². The van der Waals surface area contributed by atoms with E-state index >= 15 is 0 Å². The number of allylic oxidation sites excluding steroid dienone is 5. The summed E-state index contributed by atoms with van der Waals surface area (Å²) in [5.74, 6) is 0. The van der Waals surface area contributed by atoms with Gasteiger partial charge in [0.15, 0.2) is 0 Å².